The molecule has 0 unspecified atom stereocenters. The van der Waals surface area contributed by atoms with Gasteiger partial charge in [-0.1, -0.05) is 0 Å². The highest BCUT2D eigenvalue weighted by atomic mass is 32.1. The van der Waals surface area contributed by atoms with E-state index in [4.69, 9.17) is 4.42 Å². The molecule has 2 aromatic heterocycles. The highest BCUT2D eigenvalue weighted by molar-refractivity contribution is 7.14. The number of aryl methyl sites for hydroxylation is 1. The van der Waals surface area contributed by atoms with E-state index in [-0.39, 0.29) is 24.0 Å². The average molecular weight is 410 g/mol. The second-order valence-corrected chi connectivity index (χ2v) is 7.85. The van der Waals surface area contributed by atoms with Crippen molar-refractivity contribution >= 4 is 39.7 Å². The molecule has 0 saturated carbocycles. The lowest BCUT2D eigenvalue weighted by molar-refractivity contribution is -0.115. The Bertz CT molecular complexity index is 1010. The van der Waals surface area contributed by atoms with Gasteiger partial charge in [-0.3, -0.25) is 14.9 Å². The lowest BCUT2D eigenvalue weighted by Crippen LogP contribution is -2.18. The lowest BCUT2D eigenvalue weighted by Gasteiger charge is -2.19. The third kappa shape index (κ3) is 4.65. The highest BCUT2D eigenvalue weighted by Gasteiger charge is 2.15. The fourth-order valence-corrected chi connectivity index (χ4v) is 4.04. The van der Waals surface area contributed by atoms with Crippen molar-refractivity contribution in [2.24, 2.45) is 0 Å². The molecular formula is C21H22N4O3S. The fourth-order valence-electron chi connectivity index (χ4n) is 3.33. The number of carbonyl (C=O) groups is 2. The number of furan rings is 1. The van der Waals surface area contributed by atoms with E-state index in [2.05, 4.69) is 32.7 Å². The molecule has 29 heavy (non-hydrogen) atoms. The molecule has 4 rings (SSSR count). The van der Waals surface area contributed by atoms with Gasteiger partial charge in [-0.2, -0.15) is 0 Å². The van der Waals surface area contributed by atoms with E-state index < -0.39 is 0 Å². The number of hydrogen-bond acceptors (Lipinski definition) is 6. The number of hydrogen-bond donors (Lipinski definition) is 2. The summed E-state index contributed by atoms with van der Waals surface area (Å²) >= 11 is 1.27. The van der Waals surface area contributed by atoms with Gasteiger partial charge in [0.05, 0.1) is 18.4 Å². The maximum atomic E-state index is 12.4. The van der Waals surface area contributed by atoms with Gasteiger partial charge in [-0.15, -0.1) is 11.3 Å². The molecule has 7 nitrogen and oxygen atoms in total. The fraction of sp³-hybridized carbons (Fsp3) is 0.286. The Morgan fingerprint density at radius 2 is 2.03 bits per heavy atom. The van der Waals surface area contributed by atoms with Crippen LogP contribution in [0.15, 0.2) is 46.4 Å². The molecule has 1 aromatic carbocycles. The lowest BCUT2D eigenvalue weighted by atomic mass is 10.1. The minimum Gasteiger partial charge on any atom is -0.459 e. The van der Waals surface area contributed by atoms with Crippen molar-refractivity contribution < 1.29 is 14.0 Å². The van der Waals surface area contributed by atoms with Gasteiger partial charge in [0, 0.05) is 29.8 Å². The first-order chi connectivity index (χ1) is 14.1. The van der Waals surface area contributed by atoms with E-state index >= 15 is 0 Å². The summed E-state index contributed by atoms with van der Waals surface area (Å²) in [4.78, 5) is 31.1. The van der Waals surface area contributed by atoms with Crippen LogP contribution >= 0.6 is 11.3 Å². The Kier molecular flexibility index (Phi) is 5.62. The summed E-state index contributed by atoms with van der Waals surface area (Å²) in [5.74, 6) is -0.294. The van der Waals surface area contributed by atoms with Gasteiger partial charge in [0.15, 0.2) is 10.9 Å². The van der Waals surface area contributed by atoms with Gasteiger partial charge >= 0.3 is 0 Å². The van der Waals surface area contributed by atoms with E-state index in [9.17, 15) is 9.59 Å². The zero-order valence-corrected chi connectivity index (χ0v) is 16.9. The number of benzene rings is 1. The molecule has 0 atom stereocenters. The first kappa shape index (κ1) is 19.2. The molecule has 0 aliphatic carbocycles. The maximum absolute atomic E-state index is 12.4. The molecule has 3 aromatic rings. The molecule has 0 spiro atoms. The number of nitrogens with zero attached hydrogens (tertiary/aromatic N) is 2. The van der Waals surface area contributed by atoms with Crippen LogP contribution in [0.25, 0.3) is 0 Å². The third-order valence-corrected chi connectivity index (χ3v) is 5.62. The van der Waals surface area contributed by atoms with Crippen LogP contribution in [0.2, 0.25) is 0 Å². The molecule has 1 aliphatic rings. The van der Waals surface area contributed by atoms with Crippen LogP contribution in [-0.2, 0) is 11.2 Å². The first-order valence-corrected chi connectivity index (χ1v) is 10.4. The van der Waals surface area contributed by atoms with E-state index in [0.29, 0.717) is 10.8 Å². The predicted molar refractivity (Wildman–Crippen MR) is 114 cm³/mol. The molecule has 0 bridgehead atoms. The van der Waals surface area contributed by atoms with Crippen LogP contribution in [0.5, 0.6) is 0 Å². The van der Waals surface area contributed by atoms with Crippen molar-refractivity contribution in [1.82, 2.24) is 4.98 Å². The molecule has 1 aliphatic heterocycles. The molecule has 1 fully saturated rings. The van der Waals surface area contributed by atoms with Gasteiger partial charge in [0.25, 0.3) is 5.91 Å². The minimum atomic E-state index is -0.367. The Labute approximate surface area is 172 Å². The normalized spacial score (nSPS) is 13.5. The number of thiazole rings is 1. The molecular weight excluding hydrogens is 388 g/mol. The summed E-state index contributed by atoms with van der Waals surface area (Å²) in [6.07, 6.45) is 4.04. The average Bonchev–Trinajstić information content (AvgIpc) is 3.46. The summed E-state index contributed by atoms with van der Waals surface area (Å²) in [6, 6.07) is 9.35. The van der Waals surface area contributed by atoms with Crippen LogP contribution in [0.1, 0.15) is 34.7 Å². The summed E-state index contributed by atoms with van der Waals surface area (Å²) < 4.78 is 5.05. The number of anilines is 3. The van der Waals surface area contributed by atoms with Crippen molar-refractivity contribution in [2.45, 2.75) is 26.2 Å². The van der Waals surface area contributed by atoms with Gasteiger partial charge in [-0.05, 0) is 55.7 Å². The number of aromatic nitrogens is 1. The standard InChI is InChI=1S/C21H22N4O3S/c1-14-11-16(25-8-2-3-9-25)6-7-17(14)23-19(26)12-15-13-29-21(22-15)24-20(27)18-5-4-10-28-18/h4-7,10-11,13H,2-3,8-9,12H2,1H3,(H,23,26)(H,22,24,27). The van der Waals surface area contributed by atoms with Crippen molar-refractivity contribution in [2.75, 3.05) is 28.6 Å². The second kappa shape index (κ2) is 8.48. The number of rotatable bonds is 6. The van der Waals surface area contributed by atoms with E-state index in [1.165, 1.54) is 36.1 Å². The second-order valence-electron chi connectivity index (χ2n) is 6.99. The van der Waals surface area contributed by atoms with Gasteiger partial charge in [0.2, 0.25) is 5.91 Å². The van der Waals surface area contributed by atoms with E-state index in [1.54, 1.807) is 17.5 Å². The van der Waals surface area contributed by atoms with Crippen LogP contribution in [0.4, 0.5) is 16.5 Å². The molecule has 8 heteroatoms. The van der Waals surface area contributed by atoms with E-state index in [0.717, 1.165) is 24.3 Å². The van der Waals surface area contributed by atoms with Crippen molar-refractivity contribution in [3.8, 4) is 0 Å². The third-order valence-electron chi connectivity index (χ3n) is 4.81. The molecule has 3 heterocycles. The van der Waals surface area contributed by atoms with Gasteiger partial charge < -0.3 is 14.6 Å². The van der Waals surface area contributed by atoms with Gasteiger partial charge in [-0.25, -0.2) is 4.98 Å². The van der Waals surface area contributed by atoms with Gasteiger partial charge in [0.1, 0.15) is 0 Å². The van der Waals surface area contributed by atoms with Crippen LogP contribution < -0.4 is 15.5 Å². The maximum Gasteiger partial charge on any atom is 0.293 e. The largest absolute Gasteiger partial charge is 0.459 e. The Morgan fingerprint density at radius 3 is 2.76 bits per heavy atom. The first-order valence-electron chi connectivity index (χ1n) is 9.53. The van der Waals surface area contributed by atoms with Crippen LogP contribution in [0, 0.1) is 6.92 Å². The minimum absolute atomic E-state index is 0.139. The molecule has 2 amide bonds. The summed E-state index contributed by atoms with van der Waals surface area (Å²) in [6.45, 7) is 4.18. The molecule has 2 N–H and O–H groups in total. The number of carbonyl (C=O) groups excluding carboxylic acids is 2. The zero-order chi connectivity index (χ0) is 20.2. The van der Waals surface area contributed by atoms with E-state index in [1.807, 2.05) is 13.0 Å². The van der Waals surface area contributed by atoms with Crippen LogP contribution in [-0.4, -0.2) is 29.9 Å². The Morgan fingerprint density at radius 1 is 1.21 bits per heavy atom. The summed E-state index contributed by atoms with van der Waals surface area (Å²) in [7, 11) is 0. The quantitative estimate of drug-likeness (QED) is 0.639. The highest BCUT2D eigenvalue weighted by Crippen LogP contribution is 2.26. The molecule has 1 saturated heterocycles. The van der Waals surface area contributed by atoms with Crippen molar-refractivity contribution in [3.63, 3.8) is 0 Å². The topological polar surface area (TPSA) is 87.5 Å². The molecule has 150 valence electrons. The van der Waals surface area contributed by atoms with Crippen LogP contribution in [0.3, 0.4) is 0 Å². The van der Waals surface area contributed by atoms with Crippen molar-refractivity contribution in [3.05, 3.63) is 59.0 Å². The Hall–Kier alpha value is -3.13. The number of nitrogens with one attached hydrogen (secondary N) is 2. The zero-order valence-electron chi connectivity index (χ0n) is 16.1. The predicted octanol–water partition coefficient (Wildman–Crippen LogP) is 4.08. The number of amides is 2. The summed E-state index contributed by atoms with van der Waals surface area (Å²) in [5.41, 5.74) is 3.65. The van der Waals surface area contributed by atoms with Crippen molar-refractivity contribution in [1.29, 1.82) is 0 Å². The SMILES string of the molecule is Cc1cc(N2CCCC2)ccc1NC(=O)Cc1csc(NC(=O)c2ccco2)n1. The Balaban J connectivity index is 1.34. The summed E-state index contributed by atoms with van der Waals surface area (Å²) in [5, 5.41) is 7.82. The molecule has 0 radical (unpaired) electrons. The smallest absolute Gasteiger partial charge is 0.293 e. The monoisotopic (exact) mass is 410 g/mol.